The first-order valence-corrected chi connectivity index (χ1v) is 15.3. The van der Waals surface area contributed by atoms with Gasteiger partial charge in [0.05, 0.1) is 25.1 Å². The highest BCUT2D eigenvalue weighted by Crippen LogP contribution is 2.34. The standard InChI is InChI=1S/C31H32FN5O6S/c1-36-15-13-22(14-16-36)19-42-28-12-7-23(17-29(28)41-2)27-18-31(34-20-33-27)35-24-8-10-25(11-9-24)37(43-21-38)44(39,40)30-6-4-3-5-26(30)32/h3-12,17-18,20-22H,13-16,19H2,1-2H3,(H,33,34,35). The maximum Gasteiger partial charge on any atom is 0.322 e. The van der Waals surface area contributed by atoms with Crippen molar-refractivity contribution >= 4 is 33.7 Å². The van der Waals surface area contributed by atoms with Crippen LogP contribution < -0.4 is 19.3 Å². The molecule has 44 heavy (non-hydrogen) atoms. The van der Waals surface area contributed by atoms with Crippen molar-refractivity contribution in [2.24, 2.45) is 5.92 Å². The predicted octanol–water partition coefficient (Wildman–Crippen LogP) is 5.04. The van der Waals surface area contributed by atoms with Crippen molar-refractivity contribution < 1.29 is 31.9 Å². The third-order valence-corrected chi connectivity index (χ3v) is 8.88. The number of aromatic nitrogens is 2. The number of rotatable bonds is 12. The largest absolute Gasteiger partial charge is 0.493 e. The van der Waals surface area contributed by atoms with Crippen LogP contribution >= 0.6 is 0 Å². The first kappa shape index (κ1) is 30.7. The van der Waals surface area contributed by atoms with Crippen LogP contribution in [0.1, 0.15) is 12.8 Å². The van der Waals surface area contributed by atoms with Gasteiger partial charge in [-0.3, -0.25) is 4.79 Å². The molecule has 0 saturated carbocycles. The van der Waals surface area contributed by atoms with Gasteiger partial charge in [-0.05, 0) is 93.5 Å². The topological polar surface area (TPSA) is 123 Å². The monoisotopic (exact) mass is 621 g/mol. The fraction of sp³-hybridized carbons (Fsp3) is 0.258. The summed E-state index contributed by atoms with van der Waals surface area (Å²) in [5, 5.41) is 3.14. The second-order valence-corrected chi connectivity index (χ2v) is 12.0. The third kappa shape index (κ3) is 7.06. The third-order valence-electron chi connectivity index (χ3n) is 7.26. The highest BCUT2D eigenvalue weighted by atomic mass is 32.2. The molecule has 4 aromatic rings. The molecule has 1 saturated heterocycles. The molecule has 0 aliphatic carbocycles. The maximum atomic E-state index is 14.3. The lowest BCUT2D eigenvalue weighted by molar-refractivity contribution is -0.128. The average molecular weight is 622 g/mol. The first-order chi connectivity index (χ1) is 21.3. The minimum atomic E-state index is -4.53. The average Bonchev–Trinajstić information content (AvgIpc) is 3.04. The van der Waals surface area contributed by atoms with E-state index in [1.165, 1.54) is 30.6 Å². The van der Waals surface area contributed by atoms with Gasteiger partial charge in [0, 0.05) is 17.3 Å². The number of hydrogen-bond acceptors (Lipinski definition) is 10. The summed E-state index contributed by atoms with van der Waals surface area (Å²) in [5.41, 5.74) is 1.98. The van der Waals surface area contributed by atoms with Crippen molar-refractivity contribution in [3.63, 3.8) is 0 Å². The Morgan fingerprint density at radius 3 is 2.48 bits per heavy atom. The Bertz CT molecular complexity index is 1700. The molecule has 230 valence electrons. The lowest BCUT2D eigenvalue weighted by Crippen LogP contribution is -2.32. The summed E-state index contributed by atoms with van der Waals surface area (Å²) >= 11 is 0. The zero-order chi connectivity index (χ0) is 31.1. The van der Waals surface area contributed by atoms with Gasteiger partial charge in [-0.15, -0.1) is 0 Å². The Balaban J connectivity index is 1.29. The smallest absolute Gasteiger partial charge is 0.322 e. The molecule has 1 aromatic heterocycles. The molecule has 5 rings (SSSR count). The van der Waals surface area contributed by atoms with E-state index < -0.39 is 20.7 Å². The highest BCUT2D eigenvalue weighted by molar-refractivity contribution is 7.92. The van der Waals surface area contributed by atoms with Crippen molar-refractivity contribution in [2.45, 2.75) is 17.7 Å². The second-order valence-electron chi connectivity index (χ2n) is 10.2. The summed E-state index contributed by atoms with van der Waals surface area (Å²) in [6, 6.07) is 18.2. The van der Waals surface area contributed by atoms with Crippen LogP contribution in [0.4, 0.5) is 21.6 Å². The van der Waals surface area contributed by atoms with E-state index in [-0.39, 0.29) is 12.2 Å². The van der Waals surface area contributed by atoms with Gasteiger partial charge >= 0.3 is 6.47 Å². The van der Waals surface area contributed by atoms with Crippen LogP contribution in [0.3, 0.4) is 0 Å². The van der Waals surface area contributed by atoms with E-state index in [0.717, 1.165) is 43.6 Å². The highest BCUT2D eigenvalue weighted by Gasteiger charge is 2.30. The molecule has 11 nitrogen and oxygen atoms in total. The van der Waals surface area contributed by atoms with Gasteiger partial charge in [0.1, 0.15) is 22.9 Å². The van der Waals surface area contributed by atoms with Gasteiger partial charge in [0.25, 0.3) is 10.0 Å². The SMILES string of the molecule is COc1cc(-c2cc(Nc3ccc(N(OC=O)S(=O)(=O)c4ccccc4F)cc3)ncn2)ccc1OCC1CCN(C)CC1. The Labute approximate surface area is 255 Å². The quantitative estimate of drug-likeness (QED) is 0.170. The lowest BCUT2D eigenvalue weighted by Gasteiger charge is -2.28. The molecule has 1 N–H and O–H groups in total. The molecule has 0 unspecified atom stereocenters. The van der Waals surface area contributed by atoms with Gasteiger partial charge < -0.3 is 24.5 Å². The van der Waals surface area contributed by atoms with Crippen molar-refractivity contribution in [3.8, 4) is 22.8 Å². The minimum absolute atomic E-state index is 0.0143. The van der Waals surface area contributed by atoms with E-state index in [0.29, 0.717) is 45.7 Å². The fourth-order valence-corrected chi connectivity index (χ4v) is 6.11. The number of halogens is 1. The Kier molecular flexibility index (Phi) is 9.56. The van der Waals surface area contributed by atoms with E-state index in [9.17, 15) is 17.6 Å². The van der Waals surface area contributed by atoms with Crippen LogP contribution in [-0.4, -0.2) is 63.6 Å². The van der Waals surface area contributed by atoms with Gasteiger partial charge in [-0.25, -0.2) is 14.4 Å². The summed E-state index contributed by atoms with van der Waals surface area (Å²) in [4.78, 5) is 26.2. The van der Waals surface area contributed by atoms with Crippen molar-refractivity contribution in [2.75, 3.05) is 43.6 Å². The van der Waals surface area contributed by atoms with Crippen LogP contribution in [-0.2, 0) is 19.7 Å². The number of piperidine rings is 1. The number of anilines is 3. The molecule has 3 aromatic carbocycles. The summed E-state index contributed by atoms with van der Waals surface area (Å²) < 4.78 is 52.4. The van der Waals surface area contributed by atoms with Crippen LogP contribution in [0.5, 0.6) is 11.5 Å². The van der Waals surface area contributed by atoms with Crippen molar-refractivity contribution in [3.05, 3.63) is 84.9 Å². The molecule has 1 fully saturated rings. The Hall–Kier alpha value is -4.75. The fourth-order valence-electron chi connectivity index (χ4n) is 4.82. The molecule has 0 amide bonds. The van der Waals surface area contributed by atoms with E-state index in [2.05, 4.69) is 27.2 Å². The van der Waals surface area contributed by atoms with Crippen LogP contribution in [0.15, 0.2) is 84.0 Å². The number of likely N-dealkylation sites (tertiary alicyclic amines) is 1. The zero-order valence-electron chi connectivity index (χ0n) is 24.2. The number of ether oxygens (including phenoxy) is 2. The number of nitrogens with one attached hydrogen (secondary N) is 1. The van der Waals surface area contributed by atoms with E-state index >= 15 is 0 Å². The summed E-state index contributed by atoms with van der Waals surface area (Å²) in [6.45, 7) is 2.74. The zero-order valence-corrected chi connectivity index (χ0v) is 25.0. The molecule has 13 heteroatoms. The van der Waals surface area contributed by atoms with Gasteiger partial charge in [-0.1, -0.05) is 16.6 Å². The number of nitrogens with zero attached hydrogens (tertiary/aromatic N) is 4. The van der Waals surface area contributed by atoms with E-state index in [1.54, 1.807) is 25.3 Å². The molecule has 1 aliphatic rings. The first-order valence-electron chi connectivity index (χ1n) is 13.9. The molecule has 0 bridgehead atoms. The molecular formula is C31H32FN5O6S. The molecule has 2 heterocycles. The Morgan fingerprint density at radius 2 is 1.77 bits per heavy atom. The van der Waals surface area contributed by atoms with Gasteiger partial charge in [-0.2, -0.15) is 8.42 Å². The lowest BCUT2D eigenvalue weighted by atomic mass is 9.98. The number of benzene rings is 3. The van der Waals surface area contributed by atoms with Crippen LogP contribution in [0, 0.1) is 11.7 Å². The van der Waals surface area contributed by atoms with Crippen molar-refractivity contribution in [1.29, 1.82) is 0 Å². The summed E-state index contributed by atoms with van der Waals surface area (Å²) in [7, 11) is -0.800. The minimum Gasteiger partial charge on any atom is -0.493 e. The summed E-state index contributed by atoms with van der Waals surface area (Å²) in [6.07, 6.45) is 3.63. The van der Waals surface area contributed by atoms with Crippen molar-refractivity contribution in [1.82, 2.24) is 14.9 Å². The molecule has 0 atom stereocenters. The van der Waals surface area contributed by atoms with Gasteiger partial charge in [0.15, 0.2) is 11.5 Å². The Morgan fingerprint density at radius 1 is 1.02 bits per heavy atom. The maximum absolute atomic E-state index is 14.3. The molecule has 0 radical (unpaired) electrons. The summed E-state index contributed by atoms with van der Waals surface area (Å²) in [5.74, 6) is 1.29. The predicted molar refractivity (Wildman–Crippen MR) is 163 cm³/mol. The molecular weight excluding hydrogens is 589 g/mol. The number of methoxy groups -OCH3 is 1. The van der Waals surface area contributed by atoms with Crippen LogP contribution in [0.2, 0.25) is 0 Å². The number of sulfonamides is 1. The number of carbonyl (C=O) groups is 1. The van der Waals surface area contributed by atoms with E-state index in [1.807, 2.05) is 18.2 Å². The van der Waals surface area contributed by atoms with Gasteiger partial charge in [0.2, 0.25) is 0 Å². The number of carbonyl (C=O) groups excluding carboxylic acids is 1. The molecule has 0 spiro atoms. The molecule has 1 aliphatic heterocycles. The normalized spacial score (nSPS) is 14.1. The van der Waals surface area contributed by atoms with E-state index in [4.69, 9.17) is 14.3 Å². The van der Waals surface area contributed by atoms with Crippen LogP contribution in [0.25, 0.3) is 11.3 Å². The second kappa shape index (κ2) is 13.7. The number of hydrogen-bond donors (Lipinski definition) is 1.